The molecule has 21 heavy (non-hydrogen) atoms. The molecule has 2 aromatic carbocycles. The van der Waals surface area contributed by atoms with Gasteiger partial charge in [0.15, 0.2) is 0 Å². The predicted molar refractivity (Wildman–Crippen MR) is 85.7 cm³/mol. The van der Waals surface area contributed by atoms with Crippen LogP contribution in [-0.2, 0) is 22.0 Å². The van der Waals surface area contributed by atoms with Crippen LogP contribution in [0.25, 0.3) is 10.8 Å². The van der Waals surface area contributed by atoms with Crippen molar-refractivity contribution in [2.45, 2.75) is 24.2 Å². The van der Waals surface area contributed by atoms with E-state index in [0.29, 0.717) is 6.54 Å². The topological polar surface area (TPSA) is 46.2 Å². The third-order valence-electron chi connectivity index (χ3n) is 3.92. The third kappa shape index (κ3) is 3.32. The van der Waals surface area contributed by atoms with E-state index in [1.54, 1.807) is 6.26 Å². The molecule has 0 aliphatic heterocycles. The van der Waals surface area contributed by atoms with Crippen molar-refractivity contribution in [1.29, 1.82) is 0 Å². The summed E-state index contributed by atoms with van der Waals surface area (Å²) in [7, 11) is -0.974. The fourth-order valence-corrected chi connectivity index (χ4v) is 3.07. The van der Waals surface area contributed by atoms with E-state index in [2.05, 4.69) is 17.4 Å². The fraction of sp³-hybridized carbons (Fsp3) is 0.353. The number of carbonyl (C=O) groups excluding carboxylic acids is 1. The van der Waals surface area contributed by atoms with Crippen molar-refractivity contribution in [3.05, 3.63) is 42.0 Å². The molecule has 0 heterocycles. The Kier molecular flexibility index (Phi) is 4.06. The summed E-state index contributed by atoms with van der Waals surface area (Å²) in [5.41, 5.74) is 1.19. The summed E-state index contributed by atoms with van der Waals surface area (Å²) in [6.45, 7) is 0.661. The van der Waals surface area contributed by atoms with Crippen LogP contribution in [0.4, 0.5) is 0 Å². The van der Waals surface area contributed by atoms with E-state index in [1.165, 1.54) is 5.56 Å². The first-order valence-electron chi connectivity index (χ1n) is 7.28. The molecule has 1 unspecified atom stereocenters. The molecule has 3 rings (SSSR count). The molecular formula is C17H19NO2S. The molecule has 0 aromatic heterocycles. The molecule has 1 aliphatic rings. The molecule has 4 heteroatoms. The Hall–Kier alpha value is -1.68. The minimum Gasteiger partial charge on any atom is -0.356 e. The highest BCUT2D eigenvalue weighted by Gasteiger charge is 2.28. The van der Waals surface area contributed by atoms with Crippen LogP contribution in [0.15, 0.2) is 41.3 Å². The van der Waals surface area contributed by atoms with Crippen LogP contribution in [0, 0.1) is 5.92 Å². The molecule has 0 bridgehead atoms. The molecule has 110 valence electrons. The van der Waals surface area contributed by atoms with Gasteiger partial charge >= 0.3 is 0 Å². The van der Waals surface area contributed by atoms with Crippen molar-refractivity contribution in [3.63, 3.8) is 0 Å². The second-order valence-corrected chi connectivity index (χ2v) is 6.95. The van der Waals surface area contributed by atoms with Gasteiger partial charge < -0.3 is 5.32 Å². The summed E-state index contributed by atoms with van der Waals surface area (Å²) in [6, 6.07) is 12.1. The van der Waals surface area contributed by atoms with Crippen LogP contribution in [0.3, 0.4) is 0 Å². The highest BCUT2D eigenvalue weighted by Crippen LogP contribution is 2.28. The van der Waals surface area contributed by atoms with E-state index in [4.69, 9.17) is 0 Å². The summed E-state index contributed by atoms with van der Waals surface area (Å²) < 4.78 is 11.6. The standard InChI is InChI=1S/C17H19NO2S/c1-21(20)15-8-7-12-3-2-4-13(16(12)11-15)9-10-18-17(19)14-5-6-14/h2-4,7-8,11,14H,5-6,9-10H2,1H3,(H,18,19). The van der Waals surface area contributed by atoms with E-state index in [-0.39, 0.29) is 11.8 Å². The number of nitrogens with one attached hydrogen (secondary N) is 1. The maximum atomic E-state index is 11.7. The van der Waals surface area contributed by atoms with Gasteiger partial charge in [-0.25, -0.2) is 0 Å². The normalized spacial score (nSPS) is 15.9. The van der Waals surface area contributed by atoms with Crippen LogP contribution in [0.1, 0.15) is 18.4 Å². The summed E-state index contributed by atoms with van der Waals surface area (Å²) in [6.07, 6.45) is 4.56. The van der Waals surface area contributed by atoms with Gasteiger partial charge in [0.05, 0.1) is 0 Å². The number of benzene rings is 2. The molecule has 1 N–H and O–H groups in total. The highest BCUT2D eigenvalue weighted by molar-refractivity contribution is 7.84. The lowest BCUT2D eigenvalue weighted by molar-refractivity contribution is -0.122. The Morgan fingerprint density at radius 1 is 1.29 bits per heavy atom. The van der Waals surface area contributed by atoms with E-state index >= 15 is 0 Å². The van der Waals surface area contributed by atoms with Gasteiger partial charge in [0, 0.05) is 34.4 Å². The molecule has 0 spiro atoms. The molecule has 1 fully saturated rings. The zero-order valence-electron chi connectivity index (χ0n) is 12.1. The number of carbonyl (C=O) groups is 1. The minimum atomic E-state index is -0.974. The van der Waals surface area contributed by atoms with Crippen molar-refractivity contribution in [2.24, 2.45) is 5.92 Å². The van der Waals surface area contributed by atoms with Crippen molar-refractivity contribution >= 4 is 27.5 Å². The molecular weight excluding hydrogens is 282 g/mol. The average molecular weight is 301 g/mol. The maximum absolute atomic E-state index is 11.7. The van der Waals surface area contributed by atoms with E-state index in [9.17, 15) is 9.00 Å². The number of rotatable bonds is 5. The second kappa shape index (κ2) is 5.98. The Bertz CT molecular complexity index is 707. The number of fused-ring (bicyclic) bond motifs is 1. The zero-order chi connectivity index (χ0) is 14.8. The Morgan fingerprint density at radius 3 is 2.81 bits per heavy atom. The first kappa shape index (κ1) is 14.3. The molecule has 1 atom stereocenters. The predicted octanol–water partition coefficient (Wildman–Crippen LogP) is 2.65. The summed E-state index contributed by atoms with van der Waals surface area (Å²) in [5.74, 6) is 0.442. The van der Waals surface area contributed by atoms with Crippen LogP contribution in [0.5, 0.6) is 0 Å². The summed E-state index contributed by atoms with van der Waals surface area (Å²) in [4.78, 5) is 12.5. The molecule has 3 nitrogen and oxygen atoms in total. The quantitative estimate of drug-likeness (QED) is 0.923. The van der Waals surface area contributed by atoms with Gasteiger partial charge in [0.2, 0.25) is 5.91 Å². The Morgan fingerprint density at radius 2 is 2.10 bits per heavy atom. The van der Waals surface area contributed by atoms with Crippen molar-refractivity contribution in [1.82, 2.24) is 5.32 Å². The molecule has 1 amide bonds. The van der Waals surface area contributed by atoms with Gasteiger partial charge in [0.25, 0.3) is 0 Å². The van der Waals surface area contributed by atoms with E-state index in [1.807, 2.05) is 24.3 Å². The average Bonchev–Trinajstić information content (AvgIpc) is 3.31. The zero-order valence-corrected chi connectivity index (χ0v) is 12.9. The fourth-order valence-electron chi connectivity index (χ4n) is 2.52. The van der Waals surface area contributed by atoms with Crippen molar-refractivity contribution in [2.75, 3.05) is 12.8 Å². The first-order chi connectivity index (χ1) is 10.1. The van der Waals surface area contributed by atoms with Gasteiger partial charge in [-0.05, 0) is 47.7 Å². The maximum Gasteiger partial charge on any atom is 0.223 e. The lowest BCUT2D eigenvalue weighted by Gasteiger charge is -2.09. The van der Waals surface area contributed by atoms with Crippen molar-refractivity contribution < 1.29 is 9.00 Å². The number of amides is 1. The van der Waals surface area contributed by atoms with Crippen LogP contribution in [0.2, 0.25) is 0 Å². The monoisotopic (exact) mass is 301 g/mol. The third-order valence-corrected chi connectivity index (χ3v) is 4.84. The van der Waals surface area contributed by atoms with E-state index < -0.39 is 10.8 Å². The molecule has 1 aliphatic carbocycles. The van der Waals surface area contributed by atoms with Crippen LogP contribution >= 0.6 is 0 Å². The second-order valence-electron chi connectivity index (χ2n) is 5.57. The SMILES string of the molecule is CS(=O)c1ccc2cccc(CCNC(=O)C3CC3)c2c1. The van der Waals surface area contributed by atoms with Crippen molar-refractivity contribution in [3.8, 4) is 0 Å². The Labute approximate surface area is 127 Å². The lowest BCUT2D eigenvalue weighted by Crippen LogP contribution is -2.26. The first-order valence-corrected chi connectivity index (χ1v) is 8.84. The molecule has 0 saturated heterocycles. The smallest absolute Gasteiger partial charge is 0.223 e. The highest BCUT2D eigenvalue weighted by atomic mass is 32.2. The molecule has 1 saturated carbocycles. The molecule has 2 aromatic rings. The van der Waals surface area contributed by atoms with E-state index in [0.717, 1.165) is 34.9 Å². The largest absolute Gasteiger partial charge is 0.356 e. The van der Waals surface area contributed by atoms with Gasteiger partial charge in [-0.2, -0.15) is 0 Å². The molecule has 0 radical (unpaired) electrons. The van der Waals surface area contributed by atoms with Gasteiger partial charge in [-0.15, -0.1) is 0 Å². The van der Waals surface area contributed by atoms with Crippen LogP contribution < -0.4 is 5.32 Å². The van der Waals surface area contributed by atoms with Gasteiger partial charge in [-0.3, -0.25) is 9.00 Å². The number of hydrogen-bond donors (Lipinski definition) is 1. The minimum absolute atomic E-state index is 0.186. The lowest BCUT2D eigenvalue weighted by atomic mass is 10.0. The van der Waals surface area contributed by atoms with Gasteiger partial charge in [-0.1, -0.05) is 24.3 Å². The summed E-state index contributed by atoms with van der Waals surface area (Å²) >= 11 is 0. The van der Waals surface area contributed by atoms with Crippen LogP contribution in [-0.4, -0.2) is 22.9 Å². The Balaban J connectivity index is 1.78. The van der Waals surface area contributed by atoms with Gasteiger partial charge in [0.1, 0.15) is 0 Å². The number of hydrogen-bond acceptors (Lipinski definition) is 2. The summed E-state index contributed by atoms with van der Waals surface area (Å²) in [5, 5.41) is 5.28.